The van der Waals surface area contributed by atoms with E-state index >= 15 is 0 Å². The lowest BCUT2D eigenvalue weighted by Crippen LogP contribution is -2.13. The minimum absolute atomic E-state index is 0.361. The number of hydrogen-bond donors (Lipinski definition) is 1. The van der Waals surface area contributed by atoms with Gasteiger partial charge in [0, 0.05) is 12.8 Å². The molecule has 3 rings (SSSR count). The van der Waals surface area contributed by atoms with E-state index in [4.69, 9.17) is 15.2 Å². The second kappa shape index (κ2) is 4.17. The van der Waals surface area contributed by atoms with Gasteiger partial charge in [-0.15, -0.1) is 0 Å². The normalized spacial score (nSPS) is 27.1. The highest BCUT2D eigenvalue weighted by Gasteiger charge is 2.26. The lowest BCUT2D eigenvalue weighted by Gasteiger charge is -2.09. The zero-order chi connectivity index (χ0) is 11.0. The lowest BCUT2D eigenvalue weighted by atomic mass is 10.0. The van der Waals surface area contributed by atoms with Crippen molar-refractivity contribution in [2.75, 3.05) is 13.2 Å². The molecule has 0 amide bonds. The Kier molecular flexibility index (Phi) is 2.67. The molecule has 2 atom stereocenters. The van der Waals surface area contributed by atoms with Gasteiger partial charge in [0.05, 0.1) is 31.5 Å². The minimum Gasteiger partial charge on any atom is -0.373 e. The lowest BCUT2D eigenvalue weighted by molar-refractivity contribution is 0.401. The number of nitrogens with two attached hydrogens (primary N) is 1. The van der Waals surface area contributed by atoms with Gasteiger partial charge in [-0.1, -0.05) is 24.3 Å². The molecule has 0 spiro atoms. The second-order valence-corrected chi connectivity index (χ2v) is 4.54. The molecule has 2 fully saturated rings. The SMILES string of the molecule is N[C](CC1CO1)c1ccc(CC2CO2)cc1. The summed E-state index contributed by atoms with van der Waals surface area (Å²) in [6.45, 7) is 1.77. The molecule has 2 heterocycles. The van der Waals surface area contributed by atoms with Crippen LogP contribution in [0.3, 0.4) is 0 Å². The first-order valence-electron chi connectivity index (χ1n) is 5.75. The van der Waals surface area contributed by atoms with Gasteiger partial charge in [0.15, 0.2) is 0 Å². The molecular weight excluding hydrogens is 202 g/mol. The van der Waals surface area contributed by atoms with Gasteiger partial charge in [-0.25, -0.2) is 0 Å². The molecule has 16 heavy (non-hydrogen) atoms. The standard InChI is InChI=1S/C13H16NO2/c14-13(6-12-8-16-12)10-3-1-9(2-4-10)5-11-7-15-11/h1-4,11-12H,5-8,14H2. The Morgan fingerprint density at radius 2 is 1.75 bits per heavy atom. The van der Waals surface area contributed by atoms with E-state index in [0.29, 0.717) is 12.2 Å². The van der Waals surface area contributed by atoms with Crippen molar-refractivity contribution in [3.05, 3.63) is 41.4 Å². The van der Waals surface area contributed by atoms with Crippen molar-refractivity contribution >= 4 is 0 Å². The minimum atomic E-state index is 0.361. The van der Waals surface area contributed by atoms with E-state index in [1.807, 2.05) is 0 Å². The van der Waals surface area contributed by atoms with E-state index in [1.165, 1.54) is 5.56 Å². The van der Waals surface area contributed by atoms with Crippen LogP contribution in [0.1, 0.15) is 17.5 Å². The molecule has 2 aliphatic heterocycles. The first-order chi connectivity index (χ1) is 7.81. The van der Waals surface area contributed by atoms with Crippen molar-refractivity contribution < 1.29 is 9.47 Å². The van der Waals surface area contributed by atoms with Crippen molar-refractivity contribution in [1.82, 2.24) is 0 Å². The summed E-state index contributed by atoms with van der Waals surface area (Å²) in [4.78, 5) is 0. The Morgan fingerprint density at radius 1 is 1.12 bits per heavy atom. The van der Waals surface area contributed by atoms with Gasteiger partial charge in [0.1, 0.15) is 0 Å². The van der Waals surface area contributed by atoms with Crippen LogP contribution in [0.4, 0.5) is 0 Å². The summed E-state index contributed by atoms with van der Waals surface area (Å²) in [6.07, 6.45) is 2.68. The third-order valence-corrected chi connectivity index (χ3v) is 3.04. The maximum absolute atomic E-state index is 6.01. The summed E-state index contributed by atoms with van der Waals surface area (Å²) >= 11 is 0. The van der Waals surface area contributed by atoms with Crippen LogP contribution in [-0.4, -0.2) is 25.4 Å². The molecule has 0 aromatic heterocycles. The van der Waals surface area contributed by atoms with Gasteiger partial charge in [0.2, 0.25) is 0 Å². The van der Waals surface area contributed by atoms with Gasteiger partial charge < -0.3 is 15.2 Å². The molecule has 2 N–H and O–H groups in total. The Balaban J connectivity index is 1.60. The molecule has 85 valence electrons. The van der Waals surface area contributed by atoms with E-state index < -0.39 is 0 Å². The molecule has 2 aliphatic rings. The molecule has 0 aliphatic carbocycles. The van der Waals surface area contributed by atoms with Crippen LogP contribution in [-0.2, 0) is 15.9 Å². The topological polar surface area (TPSA) is 51.1 Å². The largest absolute Gasteiger partial charge is 0.373 e. The molecule has 0 bridgehead atoms. The molecular formula is C13H16NO2. The number of rotatable bonds is 5. The van der Waals surface area contributed by atoms with Gasteiger partial charge in [-0.3, -0.25) is 0 Å². The zero-order valence-electron chi connectivity index (χ0n) is 9.19. The maximum atomic E-state index is 6.01. The van der Waals surface area contributed by atoms with E-state index in [1.54, 1.807) is 0 Å². The Bertz CT molecular complexity index is 355. The van der Waals surface area contributed by atoms with Crippen LogP contribution < -0.4 is 5.73 Å². The summed E-state index contributed by atoms with van der Waals surface area (Å²) in [5, 5.41) is 0. The van der Waals surface area contributed by atoms with Crippen LogP contribution >= 0.6 is 0 Å². The fourth-order valence-electron chi connectivity index (χ4n) is 1.85. The summed E-state index contributed by atoms with van der Waals surface area (Å²) < 4.78 is 10.4. The zero-order valence-corrected chi connectivity index (χ0v) is 9.19. The Morgan fingerprint density at radius 3 is 2.31 bits per heavy atom. The van der Waals surface area contributed by atoms with E-state index in [9.17, 15) is 0 Å². The maximum Gasteiger partial charge on any atom is 0.0850 e. The average molecular weight is 218 g/mol. The monoisotopic (exact) mass is 218 g/mol. The first-order valence-corrected chi connectivity index (χ1v) is 5.75. The quantitative estimate of drug-likeness (QED) is 0.757. The van der Waals surface area contributed by atoms with Crippen LogP contribution in [0.2, 0.25) is 0 Å². The number of benzene rings is 1. The van der Waals surface area contributed by atoms with E-state index in [2.05, 4.69) is 24.3 Å². The number of ether oxygens (including phenoxy) is 2. The molecule has 2 saturated heterocycles. The fraction of sp³-hybridized carbons (Fsp3) is 0.462. The van der Waals surface area contributed by atoms with Crippen molar-refractivity contribution in [3.63, 3.8) is 0 Å². The molecule has 3 nitrogen and oxygen atoms in total. The highest BCUT2D eigenvalue weighted by molar-refractivity contribution is 5.32. The molecule has 1 aromatic carbocycles. The summed E-state index contributed by atoms with van der Waals surface area (Å²) in [5.41, 5.74) is 8.45. The Hall–Kier alpha value is -0.900. The Labute approximate surface area is 95.5 Å². The van der Waals surface area contributed by atoms with Crippen molar-refractivity contribution in [2.45, 2.75) is 25.0 Å². The van der Waals surface area contributed by atoms with E-state index in [-0.39, 0.29) is 0 Å². The van der Waals surface area contributed by atoms with Gasteiger partial charge in [-0.05, 0) is 11.1 Å². The predicted molar refractivity (Wildman–Crippen MR) is 60.8 cm³/mol. The van der Waals surface area contributed by atoms with E-state index in [0.717, 1.165) is 37.7 Å². The highest BCUT2D eigenvalue weighted by Crippen LogP contribution is 2.24. The number of epoxide rings is 2. The van der Waals surface area contributed by atoms with Crippen LogP contribution in [0.15, 0.2) is 24.3 Å². The summed E-state index contributed by atoms with van der Waals surface area (Å²) in [5.74, 6) is 0. The summed E-state index contributed by atoms with van der Waals surface area (Å²) in [6, 6.07) is 9.39. The van der Waals surface area contributed by atoms with Crippen molar-refractivity contribution in [2.24, 2.45) is 5.73 Å². The molecule has 3 heteroatoms. The van der Waals surface area contributed by atoms with Crippen molar-refractivity contribution in [3.8, 4) is 0 Å². The predicted octanol–water partition coefficient (Wildman–Crippen LogP) is 1.26. The van der Waals surface area contributed by atoms with Gasteiger partial charge in [0.25, 0.3) is 0 Å². The van der Waals surface area contributed by atoms with Crippen molar-refractivity contribution in [1.29, 1.82) is 0 Å². The second-order valence-electron chi connectivity index (χ2n) is 4.54. The van der Waals surface area contributed by atoms with Gasteiger partial charge in [-0.2, -0.15) is 0 Å². The van der Waals surface area contributed by atoms with Crippen LogP contribution in [0, 0.1) is 6.04 Å². The molecule has 1 radical (unpaired) electrons. The van der Waals surface area contributed by atoms with Gasteiger partial charge >= 0.3 is 0 Å². The third kappa shape index (κ3) is 2.61. The fourth-order valence-corrected chi connectivity index (χ4v) is 1.85. The van der Waals surface area contributed by atoms with Crippen LogP contribution in [0.25, 0.3) is 0 Å². The number of hydrogen-bond acceptors (Lipinski definition) is 3. The summed E-state index contributed by atoms with van der Waals surface area (Å²) in [7, 11) is 0. The first kappa shape index (κ1) is 10.3. The molecule has 2 unspecified atom stereocenters. The average Bonchev–Trinajstić information content (AvgIpc) is 3.14. The molecule has 1 aromatic rings. The van der Waals surface area contributed by atoms with Crippen LogP contribution in [0.5, 0.6) is 0 Å². The third-order valence-electron chi connectivity index (χ3n) is 3.04. The molecule has 0 saturated carbocycles. The highest BCUT2D eigenvalue weighted by atomic mass is 16.6. The smallest absolute Gasteiger partial charge is 0.0850 e.